The van der Waals surface area contributed by atoms with Crippen LogP contribution in [0.5, 0.6) is 5.75 Å². The minimum absolute atomic E-state index is 0.544. The molecule has 3 nitrogen and oxygen atoms in total. The summed E-state index contributed by atoms with van der Waals surface area (Å²) in [6.45, 7) is 8.02. The summed E-state index contributed by atoms with van der Waals surface area (Å²) in [6, 6.07) is 5.99. The minimum Gasteiger partial charge on any atom is -0.497 e. The first-order valence-electron chi connectivity index (χ1n) is 7.21. The van der Waals surface area contributed by atoms with E-state index in [0.717, 1.165) is 18.0 Å². The lowest BCUT2D eigenvalue weighted by Gasteiger charge is -2.39. The highest BCUT2D eigenvalue weighted by Gasteiger charge is 2.28. The van der Waals surface area contributed by atoms with Crippen LogP contribution in [0, 0.1) is 5.41 Å². The Hall–Kier alpha value is -1.22. The van der Waals surface area contributed by atoms with E-state index in [9.17, 15) is 0 Å². The van der Waals surface area contributed by atoms with Crippen molar-refractivity contribution in [1.29, 1.82) is 0 Å². The number of benzene rings is 1. The molecule has 1 saturated heterocycles. The molecule has 2 N–H and O–H groups in total. The first kappa shape index (κ1) is 14.2. The second kappa shape index (κ2) is 5.83. The summed E-state index contributed by atoms with van der Waals surface area (Å²) in [6.07, 6.45) is 3.87. The summed E-state index contributed by atoms with van der Waals surface area (Å²) in [5.41, 5.74) is 8.68. The van der Waals surface area contributed by atoms with Gasteiger partial charge in [0, 0.05) is 18.3 Å². The molecule has 106 valence electrons. The molecule has 1 fully saturated rings. The highest BCUT2D eigenvalue weighted by Crippen LogP contribution is 2.34. The van der Waals surface area contributed by atoms with E-state index in [1.807, 2.05) is 12.1 Å². The number of ether oxygens (including phenoxy) is 1. The summed E-state index contributed by atoms with van der Waals surface area (Å²) in [4.78, 5) is 2.51. The van der Waals surface area contributed by atoms with Gasteiger partial charge in [-0.25, -0.2) is 0 Å². The fourth-order valence-corrected chi connectivity index (χ4v) is 2.69. The third-order valence-corrected chi connectivity index (χ3v) is 4.66. The zero-order valence-corrected chi connectivity index (χ0v) is 12.4. The smallest absolute Gasteiger partial charge is 0.120 e. The van der Waals surface area contributed by atoms with Crippen LogP contribution in [0.2, 0.25) is 0 Å². The molecule has 0 bridgehead atoms. The van der Waals surface area contributed by atoms with Crippen LogP contribution in [-0.4, -0.2) is 25.1 Å². The van der Waals surface area contributed by atoms with Crippen LogP contribution < -0.4 is 10.5 Å². The molecule has 0 saturated carbocycles. The number of nitrogens with zero attached hydrogens (tertiary/aromatic N) is 1. The van der Waals surface area contributed by atoms with Gasteiger partial charge in [0.2, 0.25) is 0 Å². The van der Waals surface area contributed by atoms with Crippen molar-refractivity contribution >= 4 is 5.69 Å². The Morgan fingerprint density at radius 3 is 2.53 bits per heavy atom. The molecule has 0 aliphatic carbocycles. The topological polar surface area (TPSA) is 38.5 Å². The summed E-state index contributed by atoms with van der Waals surface area (Å²) in [5, 5.41) is 0. The van der Waals surface area contributed by atoms with Crippen LogP contribution in [0.15, 0.2) is 18.2 Å². The normalized spacial score (nSPS) is 19.3. The number of anilines is 1. The van der Waals surface area contributed by atoms with E-state index in [0.29, 0.717) is 5.41 Å². The van der Waals surface area contributed by atoms with Crippen molar-refractivity contribution in [1.82, 2.24) is 4.90 Å². The zero-order chi connectivity index (χ0) is 13.9. The van der Waals surface area contributed by atoms with E-state index in [-0.39, 0.29) is 0 Å². The van der Waals surface area contributed by atoms with Crippen LogP contribution in [0.25, 0.3) is 0 Å². The number of methoxy groups -OCH3 is 1. The molecule has 1 heterocycles. The van der Waals surface area contributed by atoms with Crippen molar-refractivity contribution < 1.29 is 4.74 Å². The largest absolute Gasteiger partial charge is 0.497 e. The fraction of sp³-hybridized carbons (Fsp3) is 0.625. The summed E-state index contributed by atoms with van der Waals surface area (Å²) >= 11 is 0. The molecule has 2 rings (SSSR count). The van der Waals surface area contributed by atoms with Crippen LogP contribution in [-0.2, 0) is 6.54 Å². The van der Waals surface area contributed by atoms with Crippen molar-refractivity contribution in [2.45, 2.75) is 39.7 Å². The van der Waals surface area contributed by atoms with E-state index in [2.05, 4.69) is 24.8 Å². The lowest BCUT2D eigenvalue weighted by molar-refractivity contribution is 0.110. The number of rotatable bonds is 4. The fourth-order valence-electron chi connectivity index (χ4n) is 2.69. The van der Waals surface area contributed by atoms with Gasteiger partial charge in [0.15, 0.2) is 0 Å². The monoisotopic (exact) mass is 262 g/mol. The van der Waals surface area contributed by atoms with Crippen molar-refractivity contribution in [3.8, 4) is 5.75 Å². The Morgan fingerprint density at radius 1 is 1.32 bits per heavy atom. The van der Waals surface area contributed by atoms with Crippen molar-refractivity contribution in [2.75, 3.05) is 25.9 Å². The van der Waals surface area contributed by atoms with Gasteiger partial charge in [-0.15, -0.1) is 0 Å². The Morgan fingerprint density at radius 2 is 2.00 bits per heavy atom. The van der Waals surface area contributed by atoms with E-state index in [1.165, 1.54) is 37.9 Å². The molecule has 1 aliphatic rings. The first-order chi connectivity index (χ1) is 9.06. The Labute approximate surface area is 116 Å². The second-order valence-electron chi connectivity index (χ2n) is 6.01. The molecule has 0 spiro atoms. The Balaban J connectivity index is 1.96. The maximum Gasteiger partial charge on any atom is 0.120 e. The van der Waals surface area contributed by atoms with E-state index >= 15 is 0 Å². The average molecular weight is 262 g/mol. The number of hydrogen-bond donors (Lipinski definition) is 1. The highest BCUT2D eigenvalue weighted by molar-refractivity contribution is 5.51. The quantitative estimate of drug-likeness (QED) is 0.846. The Bertz CT molecular complexity index is 423. The average Bonchev–Trinajstić information content (AvgIpc) is 2.43. The molecule has 1 aliphatic heterocycles. The van der Waals surface area contributed by atoms with Gasteiger partial charge in [-0.1, -0.05) is 26.3 Å². The van der Waals surface area contributed by atoms with Gasteiger partial charge in [-0.05, 0) is 43.0 Å². The predicted octanol–water partition coefficient (Wildman–Crippen LogP) is 3.29. The SMILES string of the molecule is CCC1(C)CCN(Cc2ccc(OC)cc2N)CC1. The standard InChI is InChI=1S/C16H26N2O/c1-4-16(2)7-9-18(10-8-16)12-13-5-6-14(19-3)11-15(13)17/h5-6,11H,4,7-10,12,17H2,1-3H3. The molecule has 0 radical (unpaired) electrons. The van der Waals surface area contributed by atoms with Gasteiger partial charge in [-0.3, -0.25) is 4.90 Å². The molecule has 0 unspecified atom stereocenters. The van der Waals surface area contributed by atoms with Crippen LogP contribution in [0.1, 0.15) is 38.7 Å². The first-order valence-corrected chi connectivity index (χ1v) is 7.21. The molecule has 1 aromatic carbocycles. The van der Waals surface area contributed by atoms with Gasteiger partial charge in [0.25, 0.3) is 0 Å². The molecule has 0 amide bonds. The third-order valence-electron chi connectivity index (χ3n) is 4.66. The third kappa shape index (κ3) is 3.41. The Kier molecular flexibility index (Phi) is 4.35. The molecule has 1 aromatic rings. The number of likely N-dealkylation sites (tertiary alicyclic amines) is 1. The maximum atomic E-state index is 6.09. The number of hydrogen-bond acceptors (Lipinski definition) is 3. The van der Waals surface area contributed by atoms with E-state index in [1.54, 1.807) is 7.11 Å². The van der Waals surface area contributed by atoms with Gasteiger partial charge in [0.05, 0.1) is 7.11 Å². The maximum absolute atomic E-state index is 6.09. The highest BCUT2D eigenvalue weighted by atomic mass is 16.5. The lowest BCUT2D eigenvalue weighted by Crippen LogP contribution is -2.38. The van der Waals surface area contributed by atoms with E-state index < -0.39 is 0 Å². The van der Waals surface area contributed by atoms with Gasteiger partial charge < -0.3 is 10.5 Å². The van der Waals surface area contributed by atoms with Gasteiger partial charge in [-0.2, -0.15) is 0 Å². The van der Waals surface area contributed by atoms with Crippen LogP contribution in [0.3, 0.4) is 0 Å². The molecular weight excluding hydrogens is 236 g/mol. The molecule has 3 heteroatoms. The van der Waals surface area contributed by atoms with Gasteiger partial charge >= 0.3 is 0 Å². The number of nitrogens with two attached hydrogens (primary N) is 1. The molecular formula is C16H26N2O. The van der Waals surface area contributed by atoms with Crippen molar-refractivity contribution in [3.05, 3.63) is 23.8 Å². The minimum atomic E-state index is 0.544. The zero-order valence-electron chi connectivity index (χ0n) is 12.4. The lowest BCUT2D eigenvalue weighted by atomic mass is 9.78. The molecule has 0 aromatic heterocycles. The molecule has 19 heavy (non-hydrogen) atoms. The van der Waals surface area contributed by atoms with Crippen molar-refractivity contribution in [3.63, 3.8) is 0 Å². The van der Waals surface area contributed by atoms with Gasteiger partial charge in [0.1, 0.15) is 5.75 Å². The predicted molar refractivity (Wildman–Crippen MR) is 80.3 cm³/mol. The summed E-state index contributed by atoms with van der Waals surface area (Å²) in [5.74, 6) is 0.832. The van der Waals surface area contributed by atoms with Crippen LogP contribution in [0.4, 0.5) is 5.69 Å². The number of nitrogen functional groups attached to an aromatic ring is 1. The van der Waals surface area contributed by atoms with Crippen molar-refractivity contribution in [2.24, 2.45) is 5.41 Å². The number of piperidine rings is 1. The van der Waals surface area contributed by atoms with Crippen LogP contribution >= 0.6 is 0 Å². The summed E-state index contributed by atoms with van der Waals surface area (Å²) in [7, 11) is 1.67. The van der Waals surface area contributed by atoms with E-state index in [4.69, 9.17) is 10.5 Å². The second-order valence-corrected chi connectivity index (χ2v) is 6.01. The summed E-state index contributed by atoms with van der Waals surface area (Å²) < 4.78 is 5.19. The molecule has 0 atom stereocenters.